The SMILES string of the molecule is C[C@H](c1cc(CCCN)c(-c2ccccc2)s1)N(C(=O)[C@H]1CNCCO1)C1CC1. The zero-order chi connectivity index (χ0) is 20.2. The number of carbonyl (C=O) groups excluding carboxylic acids is 1. The lowest BCUT2D eigenvalue weighted by Crippen LogP contribution is -2.50. The molecule has 6 heteroatoms. The molecule has 4 rings (SSSR count). The molecule has 156 valence electrons. The Morgan fingerprint density at radius 1 is 1.34 bits per heavy atom. The van der Waals surface area contributed by atoms with E-state index in [1.807, 2.05) is 17.4 Å². The summed E-state index contributed by atoms with van der Waals surface area (Å²) in [7, 11) is 0. The van der Waals surface area contributed by atoms with E-state index in [9.17, 15) is 4.79 Å². The molecule has 0 radical (unpaired) electrons. The van der Waals surface area contributed by atoms with Gasteiger partial charge in [-0.3, -0.25) is 4.79 Å². The fourth-order valence-electron chi connectivity index (χ4n) is 4.04. The van der Waals surface area contributed by atoms with Crippen molar-refractivity contribution < 1.29 is 9.53 Å². The molecule has 1 amide bonds. The van der Waals surface area contributed by atoms with E-state index in [4.69, 9.17) is 10.5 Å². The minimum absolute atomic E-state index is 0.0552. The molecular formula is C23H31N3O2S. The molecule has 0 bridgehead atoms. The van der Waals surface area contributed by atoms with Crippen molar-refractivity contribution in [2.75, 3.05) is 26.2 Å². The highest BCUT2D eigenvalue weighted by molar-refractivity contribution is 7.15. The van der Waals surface area contributed by atoms with Gasteiger partial charge in [-0.05, 0) is 56.3 Å². The zero-order valence-corrected chi connectivity index (χ0v) is 17.9. The number of aryl methyl sites for hydroxylation is 1. The van der Waals surface area contributed by atoms with Gasteiger partial charge >= 0.3 is 0 Å². The van der Waals surface area contributed by atoms with Gasteiger partial charge in [0, 0.05) is 28.9 Å². The maximum atomic E-state index is 13.3. The Labute approximate surface area is 177 Å². The molecule has 1 aliphatic heterocycles. The molecule has 0 spiro atoms. The average Bonchev–Trinajstić information content (AvgIpc) is 3.51. The number of nitrogens with one attached hydrogen (secondary N) is 1. The molecule has 29 heavy (non-hydrogen) atoms. The molecule has 2 atom stereocenters. The number of hydrogen-bond acceptors (Lipinski definition) is 5. The Morgan fingerprint density at radius 2 is 2.14 bits per heavy atom. The first kappa shape index (κ1) is 20.5. The summed E-state index contributed by atoms with van der Waals surface area (Å²) in [6.45, 7) is 4.88. The van der Waals surface area contributed by atoms with Gasteiger partial charge in [0.2, 0.25) is 0 Å². The van der Waals surface area contributed by atoms with Crippen LogP contribution in [0.3, 0.4) is 0 Å². The molecule has 0 unspecified atom stereocenters. The first-order valence-electron chi connectivity index (χ1n) is 10.7. The van der Waals surface area contributed by atoms with E-state index in [1.54, 1.807) is 0 Å². The predicted molar refractivity (Wildman–Crippen MR) is 118 cm³/mol. The van der Waals surface area contributed by atoms with Gasteiger partial charge < -0.3 is 20.7 Å². The molecule has 2 aromatic rings. The zero-order valence-electron chi connectivity index (χ0n) is 17.1. The highest BCUT2D eigenvalue weighted by atomic mass is 32.1. The molecule has 1 saturated heterocycles. The Balaban J connectivity index is 1.61. The lowest BCUT2D eigenvalue weighted by Gasteiger charge is -2.33. The van der Waals surface area contributed by atoms with Gasteiger partial charge in [-0.15, -0.1) is 11.3 Å². The fraction of sp³-hybridized carbons (Fsp3) is 0.522. The number of thiophene rings is 1. The third-order valence-electron chi connectivity index (χ3n) is 5.74. The monoisotopic (exact) mass is 413 g/mol. The number of hydrogen-bond donors (Lipinski definition) is 2. The fourth-order valence-corrected chi connectivity index (χ4v) is 5.30. The molecule has 1 saturated carbocycles. The minimum atomic E-state index is -0.364. The molecule has 2 heterocycles. The first-order chi connectivity index (χ1) is 14.2. The molecule has 2 aliphatic rings. The van der Waals surface area contributed by atoms with Gasteiger partial charge in [0.25, 0.3) is 5.91 Å². The van der Waals surface area contributed by atoms with Crippen LogP contribution in [0.4, 0.5) is 0 Å². The first-order valence-corrected chi connectivity index (χ1v) is 11.5. The maximum Gasteiger partial charge on any atom is 0.253 e. The number of nitrogens with zero attached hydrogens (tertiary/aromatic N) is 1. The number of benzene rings is 1. The number of nitrogens with two attached hydrogens (primary N) is 1. The van der Waals surface area contributed by atoms with Crippen molar-refractivity contribution in [1.29, 1.82) is 0 Å². The van der Waals surface area contributed by atoms with Crippen molar-refractivity contribution in [3.8, 4) is 10.4 Å². The Kier molecular flexibility index (Phi) is 6.65. The second-order valence-electron chi connectivity index (χ2n) is 7.98. The van der Waals surface area contributed by atoms with Crippen LogP contribution in [0, 0.1) is 0 Å². The summed E-state index contributed by atoms with van der Waals surface area (Å²) in [4.78, 5) is 17.9. The van der Waals surface area contributed by atoms with Crippen LogP contribution in [-0.4, -0.2) is 49.2 Å². The largest absolute Gasteiger partial charge is 0.366 e. The molecule has 3 N–H and O–H groups in total. The second kappa shape index (κ2) is 9.39. The third kappa shape index (κ3) is 4.72. The average molecular weight is 414 g/mol. The summed E-state index contributed by atoms with van der Waals surface area (Å²) in [5.41, 5.74) is 8.36. The summed E-state index contributed by atoms with van der Waals surface area (Å²) >= 11 is 1.82. The lowest BCUT2D eigenvalue weighted by atomic mass is 10.0. The summed E-state index contributed by atoms with van der Waals surface area (Å²) in [5.74, 6) is 0.130. The van der Waals surface area contributed by atoms with Crippen LogP contribution < -0.4 is 11.1 Å². The van der Waals surface area contributed by atoms with Gasteiger partial charge in [-0.25, -0.2) is 0 Å². The van der Waals surface area contributed by atoms with Gasteiger partial charge in [-0.2, -0.15) is 0 Å². The maximum absolute atomic E-state index is 13.3. The number of morpholine rings is 1. The van der Waals surface area contributed by atoms with Crippen molar-refractivity contribution in [2.24, 2.45) is 5.73 Å². The predicted octanol–water partition coefficient (Wildman–Crippen LogP) is 3.35. The molecule has 2 fully saturated rings. The van der Waals surface area contributed by atoms with Gasteiger partial charge in [0.15, 0.2) is 0 Å². The van der Waals surface area contributed by atoms with Crippen LogP contribution >= 0.6 is 11.3 Å². The van der Waals surface area contributed by atoms with Crippen molar-refractivity contribution in [3.63, 3.8) is 0 Å². The smallest absolute Gasteiger partial charge is 0.253 e. The van der Waals surface area contributed by atoms with Crippen LogP contribution in [-0.2, 0) is 16.0 Å². The van der Waals surface area contributed by atoms with Gasteiger partial charge in [0.05, 0.1) is 12.6 Å². The van der Waals surface area contributed by atoms with E-state index in [-0.39, 0.29) is 18.1 Å². The number of carbonyl (C=O) groups is 1. The highest BCUT2D eigenvalue weighted by Gasteiger charge is 2.40. The molecular weight excluding hydrogens is 382 g/mol. The van der Waals surface area contributed by atoms with Crippen molar-refractivity contribution >= 4 is 17.2 Å². The number of rotatable bonds is 8. The summed E-state index contributed by atoms with van der Waals surface area (Å²) in [6, 6.07) is 13.2. The lowest BCUT2D eigenvalue weighted by molar-refractivity contribution is -0.148. The topological polar surface area (TPSA) is 67.6 Å². The normalized spacial score (nSPS) is 20.4. The van der Waals surface area contributed by atoms with Crippen molar-refractivity contribution in [2.45, 2.75) is 50.8 Å². The van der Waals surface area contributed by atoms with E-state index >= 15 is 0 Å². The summed E-state index contributed by atoms with van der Waals surface area (Å²) in [6.07, 6.45) is 3.76. The van der Waals surface area contributed by atoms with Crippen molar-refractivity contribution in [1.82, 2.24) is 10.2 Å². The van der Waals surface area contributed by atoms with Gasteiger partial charge in [-0.1, -0.05) is 30.3 Å². The van der Waals surface area contributed by atoms with Crippen LogP contribution in [0.25, 0.3) is 10.4 Å². The Morgan fingerprint density at radius 3 is 2.79 bits per heavy atom. The van der Waals surface area contributed by atoms with Crippen LogP contribution in [0.1, 0.15) is 42.7 Å². The highest BCUT2D eigenvalue weighted by Crippen LogP contribution is 2.41. The van der Waals surface area contributed by atoms with Crippen LogP contribution in [0.15, 0.2) is 36.4 Å². The third-order valence-corrected chi connectivity index (χ3v) is 7.14. The molecule has 5 nitrogen and oxygen atoms in total. The number of ether oxygens (including phenoxy) is 1. The van der Waals surface area contributed by atoms with E-state index in [1.165, 1.54) is 20.9 Å². The Hall–Kier alpha value is -1.73. The second-order valence-corrected chi connectivity index (χ2v) is 9.06. The number of amides is 1. The van der Waals surface area contributed by atoms with E-state index in [2.05, 4.69) is 47.5 Å². The Bertz CT molecular complexity index is 813. The minimum Gasteiger partial charge on any atom is -0.366 e. The van der Waals surface area contributed by atoms with E-state index < -0.39 is 0 Å². The quantitative estimate of drug-likeness (QED) is 0.696. The molecule has 1 aliphatic carbocycles. The van der Waals surface area contributed by atoms with Crippen LogP contribution in [0.5, 0.6) is 0 Å². The van der Waals surface area contributed by atoms with Crippen LogP contribution in [0.2, 0.25) is 0 Å². The van der Waals surface area contributed by atoms with E-state index in [0.29, 0.717) is 25.7 Å². The van der Waals surface area contributed by atoms with E-state index in [0.717, 1.165) is 32.2 Å². The standard InChI is InChI=1S/C23H31N3O2S/c1-16(26(19-9-10-19)23(27)20-15-25-12-13-28-20)21-14-18(8-5-11-24)22(29-21)17-6-3-2-4-7-17/h2-4,6-7,14,16,19-20,25H,5,8-13,15,24H2,1H3/t16-,20-/m1/s1. The summed E-state index contributed by atoms with van der Waals surface area (Å²) in [5, 5.41) is 3.28. The van der Waals surface area contributed by atoms with Crippen molar-refractivity contribution in [3.05, 3.63) is 46.8 Å². The summed E-state index contributed by atoms with van der Waals surface area (Å²) < 4.78 is 5.77. The molecule has 1 aromatic carbocycles. The van der Waals surface area contributed by atoms with Gasteiger partial charge in [0.1, 0.15) is 6.10 Å². The molecule has 1 aromatic heterocycles.